The maximum Gasteiger partial charge on any atom is 0.230 e. The van der Waals surface area contributed by atoms with Gasteiger partial charge in [0, 0.05) is 5.92 Å². The van der Waals surface area contributed by atoms with Crippen molar-refractivity contribution in [3.05, 3.63) is 6.33 Å². The second-order valence-electron chi connectivity index (χ2n) is 5.20. The van der Waals surface area contributed by atoms with Crippen molar-refractivity contribution in [2.45, 2.75) is 27.7 Å². The molecular formula is C10H16N4O. The summed E-state index contributed by atoms with van der Waals surface area (Å²) in [5, 5.41) is 9.02. The van der Waals surface area contributed by atoms with Gasteiger partial charge in [-0.3, -0.25) is 10.1 Å². The summed E-state index contributed by atoms with van der Waals surface area (Å²) >= 11 is 0. The van der Waals surface area contributed by atoms with Crippen LogP contribution in [0.25, 0.3) is 0 Å². The molecule has 1 aromatic heterocycles. The van der Waals surface area contributed by atoms with Gasteiger partial charge in [-0.15, -0.1) is 0 Å². The summed E-state index contributed by atoms with van der Waals surface area (Å²) in [4.78, 5) is 15.8. The van der Waals surface area contributed by atoms with E-state index in [1.54, 1.807) is 0 Å². The van der Waals surface area contributed by atoms with E-state index in [2.05, 4.69) is 48.2 Å². The summed E-state index contributed by atoms with van der Waals surface area (Å²) in [6.45, 7) is 8.44. The van der Waals surface area contributed by atoms with E-state index in [4.69, 9.17) is 0 Å². The molecule has 1 fully saturated rings. The molecule has 82 valence electrons. The van der Waals surface area contributed by atoms with Gasteiger partial charge >= 0.3 is 0 Å². The molecule has 0 spiro atoms. The van der Waals surface area contributed by atoms with E-state index in [1.165, 1.54) is 6.33 Å². The zero-order valence-electron chi connectivity index (χ0n) is 9.46. The van der Waals surface area contributed by atoms with E-state index in [-0.39, 0.29) is 22.7 Å². The molecule has 1 aliphatic carbocycles. The van der Waals surface area contributed by atoms with E-state index in [1.807, 2.05) is 0 Å². The lowest BCUT2D eigenvalue weighted by Gasteiger charge is -2.03. The third-order valence-corrected chi connectivity index (χ3v) is 3.94. The predicted molar refractivity (Wildman–Crippen MR) is 56.1 cm³/mol. The van der Waals surface area contributed by atoms with Gasteiger partial charge in [-0.25, -0.2) is 5.10 Å². The summed E-state index contributed by atoms with van der Waals surface area (Å²) in [5.74, 6) is 0.468. The van der Waals surface area contributed by atoms with Crippen molar-refractivity contribution in [2.24, 2.45) is 16.7 Å². The van der Waals surface area contributed by atoms with Crippen LogP contribution in [0.1, 0.15) is 27.7 Å². The highest BCUT2D eigenvalue weighted by atomic mass is 16.2. The molecule has 0 bridgehead atoms. The lowest BCUT2D eigenvalue weighted by Crippen LogP contribution is -2.18. The van der Waals surface area contributed by atoms with Crippen molar-refractivity contribution in [1.82, 2.24) is 15.2 Å². The second-order valence-corrected chi connectivity index (χ2v) is 5.20. The molecule has 0 atom stereocenters. The van der Waals surface area contributed by atoms with Crippen molar-refractivity contribution in [1.29, 1.82) is 0 Å². The number of H-pyrrole nitrogens is 1. The molecule has 1 aromatic rings. The average Bonchev–Trinajstić information content (AvgIpc) is 2.53. The van der Waals surface area contributed by atoms with Crippen molar-refractivity contribution >= 4 is 11.9 Å². The van der Waals surface area contributed by atoms with Crippen molar-refractivity contribution < 1.29 is 4.79 Å². The number of aromatic amines is 1. The molecule has 1 heterocycles. The van der Waals surface area contributed by atoms with Crippen LogP contribution in [0.4, 0.5) is 5.95 Å². The van der Waals surface area contributed by atoms with E-state index >= 15 is 0 Å². The lowest BCUT2D eigenvalue weighted by molar-refractivity contribution is -0.118. The van der Waals surface area contributed by atoms with Gasteiger partial charge in [0.1, 0.15) is 6.33 Å². The predicted octanol–water partition coefficient (Wildman–Crippen LogP) is 1.43. The standard InChI is InChI=1S/C10H16N4O/c1-9(2)6(10(9,3)4)7(15)13-8-11-5-12-14-8/h5-6H,1-4H3,(H2,11,12,13,14,15). The highest BCUT2D eigenvalue weighted by Crippen LogP contribution is 2.68. The Morgan fingerprint density at radius 1 is 1.40 bits per heavy atom. The molecule has 0 saturated heterocycles. The third kappa shape index (κ3) is 1.33. The second kappa shape index (κ2) is 2.81. The number of hydrogen-bond donors (Lipinski definition) is 2. The summed E-state index contributed by atoms with van der Waals surface area (Å²) in [6.07, 6.45) is 1.37. The zero-order valence-corrected chi connectivity index (χ0v) is 9.46. The number of carbonyl (C=O) groups excluding carboxylic acids is 1. The van der Waals surface area contributed by atoms with Gasteiger partial charge in [0.2, 0.25) is 11.9 Å². The Kier molecular flexibility index (Phi) is 1.90. The van der Waals surface area contributed by atoms with E-state index in [9.17, 15) is 4.79 Å². The molecular weight excluding hydrogens is 192 g/mol. The maximum absolute atomic E-state index is 11.9. The van der Waals surface area contributed by atoms with Gasteiger partial charge in [0.05, 0.1) is 0 Å². The number of hydrogen-bond acceptors (Lipinski definition) is 3. The van der Waals surface area contributed by atoms with Gasteiger partial charge in [-0.2, -0.15) is 10.1 Å². The Labute approximate surface area is 88.7 Å². The molecule has 1 saturated carbocycles. The normalized spacial score (nSPS) is 22.4. The first kappa shape index (κ1) is 10.1. The number of aromatic nitrogens is 3. The minimum atomic E-state index is 0.0155. The van der Waals surface area contributed by atoms with E-state index in [0.717, 1.165) is 0 Å². The Morgan fingerprint density at radius 2 is 2.00 bits per heavy atom. The smallest absolute Gasteiger partial charge is 0.230 e. The molecule has 5 nitrogen and oxygen atoms in total. The van der Waals surface area contributed by atoms with E-state index in [0.29, 0.717) is 5.95 Å². The summed E-state index contributed by atoms with van der Waals surface area (Å²) < 4.78 is 0. The van der Waals surface area contributed by atoms with Gasteiger partial charge in [-0.05, 0) is 10.8 Å². The first-order valence-corrected chi connectivity index (χ1v) is 5.03. The number of nitrogens with one attached hydrogen (secondary N) is 2. The molecule has 1 amide bonds. The fraction of sp³-hybridized carbons (Fsp3) is 0.700. The first-order chi connectivity index (χ1) is 6.87. The molecule has 5 heteroatoms. The number of nitrogens with zero attached hydrogens (tertiary/aromatic N) is 2. The quantitative estimate of drug-likeness (QED) is 0.772. The van der Waals surface area contributed by atoms with Crippen molar-refractivity contribution in [2.75, 3.05) is 5.32 Å². The third-order valence-electron chi connectivity index (χ3n) is 3.94. The number of anilines is 1. The molecule has 0 unspecified atom stereocenters. The van der Waals surface area contributed by atoms with E-state index < -0.39 is 0 Å². The molecule has 0 aliphatic heterocycles. The molecule has 2 N–H and O–H groups in total. The summed E-state index contributed by atoms with van der Waals surface area (Å²) in [6, 6.07) is 0. The zero-order chi connectivity index (χ0) is 11.3. The number of rotatable bonds is 2. The maximum atomic E-state index is 11.9. The van der Waals surface area contributed by atoms with Crippen LogP contribution in [0.15, 0.2) is 6.33 Å². The van der Waals surface area contributed by atoms with Crippen LogP contribution < -0.4 is 5.32 Å². The van der Waals surface area contributed by atoms with Crippen LogP contribution in [0.5, 0.6) is 0 Å². The van der Waals surface area contributed by atoms with Crippen LogP contribution in [-0.4, -0.2) is 21.1 Å². The SMILES string of the molecule is CC1(C)C(C(=O)Nc2ncn[nH]2)C1(C)C. The Hall–Kier alpha value is -1.39. The minimum absolute atomic E-state index is 0.0155. The van der Waals surface area contributed by atoms with Crippen LogP contribution >= 0.6 is 0 Å². The highest BCUT2D eigenvalue weighted by Gasteiger charge is 2.68. The van der Waals surface area contributed by atoms with Gasteiger partial charge in [0.25, 0.3) is 0 Å². The van der Waals surface area contributed by atoms with Crippen LogP contribution in [-0.2, 0) is 4.79 Å². The van der Waals surface area contributed by atoms with Gasteiger partial charge in [-0.1, -0.05) is 27.7 Å². The van der Waals surface area contributed by atoms with Gasteiger partial charge in [0.15, 0.2) is 0 Å². The summed E-state index contributed by atoms with van der Waals surface area (Å²) in [5.41, 5.74) is 0.105. The average molecular weight is 208 g/mol. The fourth-order valence-corrected chi connectivity index (χ4v) is 2.31. The number of amides is 1. The van der Waals surface area contributed by atoms with Crippen LogP contribution in [0.2, 0.25) is 0 Å². The molecule has 0 aromatic carbocycles. The Morgan fingerprint density at radius 3 is 2.40 bits per heavy atom. The topological polar surface area (TPSA) is 70.7 Å². The summed E-state index contributed by atoms with van der Waals surface area (Å²) in [7, 11) is 0. The molecule has 1 aliphatic rings. The largest absolute Gasteiger partial charge is 0.295 e. The Balaban J connectivity index is 2.06. The van der Waals surface area contributed by atoms with Crippen molar-refractivity contribution in [3.8, 4) is 0 Å². The Bertz CT molecular complexity index is 366. The van der Waals surface area contributed by atoms with Crippen molar-refractivity contribution in [3.63, 3.8) is 0 Å². The monoisotopic (exact) mass is 208 g/mol. The molecule has 15 heavy (non-hydrogen) atoms. The fourth-order valence-electron chi connectivity index (χ4n) is 2.31. The van der Waals surface area contributed by atoms with Crippen LogP contribution in [0.3, 0.4) is 0 Å². The lowest BCUT2D eigenvalue weighted by atomic mass is 10.0. The van der Waals surface area contributed by atoms with Gasteiger partial charge < -0.3 is 0 Å². The highest BCUT2D eigenvalue weighted by molar-refractivity contribution is 5.94. The van der Waals surface area contributed by atoms with Crippen LogP contribution in [0, 0.1) is 16.7 Å². The molecule has 0 radical (unpaired) electrons. The number of carbonyl (C=O) groups is 1. The first-order valence-electron chi connectivity index (χ1n) is 5.03. The molecule has 2 rings (SSSR count). The minimum Gasteiger partial charge on any atom is -0.295 e.